The van der Waals surface area contributed by atoms with E-state index in [1.807, 2.05) is 54.6 Å². The van der Waals surface area contributed by atoms with Crippen molar-refractivity contribution in [1.29, 1.82) is 0 Å². The highest BCUT2D eigenvalue weighted by Crippen LogP contribution is 2.28. The van der Waals surface area contributed by atoms with E-state index in [-0.39, 0.29) is 5.70 Å². The molecule has 2 heterocycles. The van der Waals surface area contributed by atoms with Gasteiger partial charge in [-0.1, -0.05) is 36.4 Å². The fraction of sp³-hybridized carbons (Fsp3) is 0.130. The van der Waals surface area contributed by atoms with Crippen molar-refractivity contribution in [2.24, 2.45) is 0 Å². The number of rotatable bonds is 5. The molecule has 0 bridgehead atoms. The van der Waals surface area contributed by atoms with Crippen LogP contribution in [0.3, 0.4) is 0 Å². The first-order chi connectivity index (χ1) is 14.0. The van der Waals surface area contributed by atoms with Gasteiger partial charge in [-0.3, -0.25) is 0 Å². The largest absolute Gasteiger partial charge is 0.476 e. The molecule has 1 aliphatic rings. The molecule has 146 valence electrons. The van der Waals surface area contributed by atoms with Gasteiger partial charge in [-0.2, -0.15) is 0 Å². The van der Waals surface area contributed by atoms with Gasteiger partial charge in [-0.05, 0) is 43.2 Å². The molecule has 29 heavy (non-hydrogen) atoms. The summed E-state index contributed by atoms with van der Waals surface area (Å²) in [4.78, 5) is 23.5. The van der Waals surface area contributed by atoms with Crippen LogP contribution in [0.4, 0.5) is 0 Å². The van der Waals surface area contributed by atoms with Gasteiger partial charge in [0.1, 0.15) is 6.26 Å². The van der Waals surface area contributed by atoms with Crippen LogP contribution < -0.4 is 0 Å². The number of nitrogens with zero attached hydrogens (tertiary/aromatic N) is 1. The van der Waals surface area contributed by atoms with Crippen LogP contribution in [0, 0.1) is 0 Å². The summed E-state index contributed by atoms with van der Waals surface area (Å²) in [5, 5.41) is 10.6. The van der Waals surface area contributed by atoms with Crippen molar-refractivity contribution >= 4 is 28.5 Å². The number of carbonyl (C=O) groups excluding carboxylic acids is 1. The molecule has 6 nitrogen and oxygen atoms in total. The Balaban J connectivity index is 1.68. The predicted octanol–water partition coefficient (Wildman–Crippen LogP) is 4.43. The topological polar surface area (TPSA) is 77.8 Å². The maximum absolute atomic E-state index is 11.9. The summed E-state index contributed by atoms with van der Waals surface area (Å²) in [6, 6.07) is 17.6. The lowest BCUT2D eigenvalue weighted by atomic mass is 10.0. The van der Waals surface area contributed by atoms with E-state index in [9.17, 15) is 14.7 Å². The smallest absolute Gasteiger partial charge is 0.356 e. The molecule has 0 fully saturated rings. The van der Waals surface area contributed by atoms with Gasteiger partial charge in [-0.15, -0.1) is 0 Å². The maximum atomic E-state index is 11.9. The average molecular weight is 389 g/mol. The van der Waals surface area contributed by atoms with Crippen LogP contribution in [0.15, 0.2) is 78.2 Å². The van der Waals surface area contributed by atoms with Crippen LogP contribution in [-0.4, -0.2) is 27.9 Å². The molecule has 0 spiro atoms. The Kier molecular flexibility index (Phi) is 4.68. The number of fused-ring (bicyclic) bond motifs is 1. The van der Waals surface area contributed by atoms with Crippen molar-refractivity contribution in [3.05, 3.63) is 78.2 Å². The predicted molar refractivity (Wildman–Crippen MR) is 109 cm³/mol. The van der Waals surface area contributed by atoms with Gasteiger partial charge in [0, 0.05) is 22.7 Å². The summed E-state index contributed by atoms with van der Waals surface area (Å²) < 4.78 is 12.1. The van der Waals surface area contributed by atoms with Gasteiger partial charge in [0.25, 0.3) is 6.29 Å². The van der Waals surface area contributed by atoms with Crippen LogP contribution in [0.1, 0.15) is 13.8 Å². The van der Waals surface area contributed by atoms with E-state index in [2.05, 4.69) is 0 Å². The minimum absolute atomic E-state index is 0.0825. The molecule has 1 aromatic heterocycles. The van der Waals surface area contributed by atoms with Gasteiger partial charge in [0.05, 0.1) is 5.52 Å². The zero-order valence-corrected chi connectivity index (χ0v) is 16.0. The Bertz CT molecular complexity index is 1170. The van der Waals surface area contributed by atoms with Crippen LogP contribution in [0.25, 0.3) is 27.7 Å². The number of aliphatic carboxylic acids is 1. The fourth-order valence-electron chi connectivity index (χ4n) is 3.24. The van der Waals surface area contributed by atoms with E-state index < -0.39 is 18.2 Å². The van der Waals surface area contributed by atoms with Gasteiger partial charge in [-0.25, -0.2) is 9.59 Å². The number of carboxylic acids is 1. The highest BCUT2D eigenvalue weighted by molar-refractivity contribution is 6.10. The van der Waals surface area contributed by atoms with Crippen molar-refractivity contribution in [2.45, 2.75) is 20.1 Å². The molecule has 6 heteroatoms. The number of ether oxygens (including phenoxy) is 2. The molecule has 4 rings (SSSR count). The van der Waals surface area contributed by atoms with E-state index in [0.717, 1.165) is 28.3 Å². The SMILES string of the molecule is CC1=C(C)C(O/C=C(/C(=O)O)n2ccc3cc(-c4ccccc4)ccc32)OC1=O. The first kappa shape index (κ1) is 18.6. The molecule has 0 radical (unpaired) electrons. The summed E-state index contributed by atoms with van der Waals surface area (Å²) in [6.45, 7) is 3.36. The highest BCUT2D eigenvalue weighted by Gasteiger charge is 2.29. The number of esters is 1. The van der Waals surface area contributed by atoms with Crippen LogP contribution in [0.5, 0.6) is 0 Å². The third-order valence-corrected chi connectivity index (χ3v) is 5.04. The lowest BCUT2D eigenvalue weighted by molar-refractivity contribution is -0.152. The summed E-state index contributed by atoms with van der Waals surface area (Å²) in [5.41, 5.74) is 3.87. The van der Waals surface area contributed by atoms with Crippen LogP contribution in [0.2, 0.25) is 0 Å². The average Bonchev–Trinajstić information content (AvgIpc) is 3.25. The van der Waals surface area contributed by atoms with E-state index >= 15 is 0 Å². The van der Waals surface area contributed by atoms with E-state index in [1.165, 1.54) is 4.57 Å². The minimum atomic E-state index is -1.16. The molecule has 3 aromatic rings. The number of carbonyl (C=O) groups is 2. The molecule has 0 amide bonds. The quantitative estimate of drug-likeness (QED) is 0.397. The summed E-state index contributed by atoms with van der Waals surface area (Å²) in [5.74, 6) is -1.62. The second-order valence-electron chi connectivity index (χ2n) is 6.81. The number of carboxylic acid groups (broad SMARTS) is 1. The van der Waals surface area contributed by atoms with Crippen molar-refractivity contribution in [2.75, 3.05) is 0 Å². The number of hydrogen-bond donors (Lipinski definition) is 1. The Morgan fingerprint density at radius 3 is 2.52 bits per heavy atom. The fourth-order valence-corrected chi connectivity index (χ4v) is 3.24. The highest BCUT2D eigenvalue weighted by atomic mass is 16.7. The van der Waals surface area contributed by atoms with Crippen molar-refractivity contribution in [1.82, 2.24) is 4.57 Å². The van der Waals surface area contributed by atoms with Crippen molar-refractivity contribution < 1.29 is 24.2 Å². The minimum Gasteiger partial charge on any atom is -0.476 e. The Morgan fingerprint density at radius 1 is 1.10 bits per heavy atom. The Labute approximate surface area is 167 Å². The summed E-state index contributed by atoms with van der Waals surface area (Å²) in [7, 11) is 0. The lowest BCUT2D eigenvalue weighted by Crippen LogP contribution is -2.14. The van der Waals surface area contributed by atoms with Crippen molar-refractivity contribution in [3.8, 4) is 11.1 Å². The molecule has 1 atom stereocenters. The molecule has 0 saturated heterocycles. The van der Waals surface area contributed by atoms with Crippen LogP contribution >= 0.6 is 0 Å². The summed E-state index contributed by atoms with van der Waals surface area (Å²) in [6.07, 6.45) is 1.88. The van der Waals surface area contributed by atoms with Gasteiger partial charge < -0.3 is 19.1 Å². The second-order valence-corrected chi connectivity index (χ2v) is 6.81. The van der Waals surface area contributed by atoms with Crippen molar-refractivity contribution in [3.63, 3.8) is 0 Å². The third-order valence-electron chi connectivity index (χ3n) is 5.04. The summed E-state index contributed by atoms with van der Waals surface area (Å²) >= 11 is 0. The molecule has 1 unspecified atom stereocenters. The van der Waals surface area contributed by atoms with E-state index in [4.69, 9.17) is 9.47 Å². The number of benzene rings is 2. The molecule has 0 aliphatic carbocycles. The molecule has 2 aromatic carbocycles. The van der Waals surface area contributed by atoms with E-state index in [1.54, 1.807) is 20.0 Å². The molecule has 1 aliphatic heterocycles. The Hall–Kier alpha value is -3.80. The number of aromatic nitrogens is 1. The molecular weight excluding hydrogens is 370 g/mol. The first-order valence-corrected chi connectivity index (χ1v) is 9.10. The number of cyclic esters (lactones) is 1. The Morgan fingerprint density at radius 2 is 1.86 bits per heavy atom. The monoisotopic (exact) mass is 389 g/mol. The maximum Gasteiger partial charge on any atom is 0.356 e. The number of hydrogen-bond acceptors (Lipinski definition) is 4. The first-order valence-electron chi connectivity index (χ1n) is 9.10. The van der Waals surface area contributed by atoms with Gasteiger partial charge in [0.2, 0.25) is 0 Å². The normalized spacial score (nSPS) is 17.0. The third kappa shape index (κ3) is 3.40. The zero-order chi connectivity index (χ0) is 20.5. The second kappa shape index (κ2) is 7.31. The lowest BCUT2D eigenvalue weighted by Gasteiger charge is -2.13. The standard InChI is InChI=1S/C23H19NO5/c1-14-15(2)23(29-22(14)27)28-13-20(21(25)26)24-11-10-18-12-17(8-9-19(18)24)16-6-4-3-5-7-16/h3-13,23H,1-2H3,(H,25,26)/b20-13-. The van der Waals surface area contributed by atoms with Gasteiger partial charge >= 0.3 is 11.9 Å². The van der Waals surface area contributed by atoms with Gasteiger partial charge in [0.15, 0.2) is 5.70 Å². The van der Waals surface area contributed by atoms with Crippen LogP contribution in [-0.2, 0) is 19.1 Å². The molecule has 1 N–H and O–H groups in total. The van der Waals surface area contributed by atoms with E-state index in [0.29, 0.717) is 11.1 Å². The zero-order valence-electron chi connectivity index (χ0n) is 16.0. The molecular formula is C23H19NO5. The molecule has 0 saturated carbocycles.